The fourth-order valence-electron chi connectivity index (χ4n) is 3.12. The highest BCUT2D eigenvalue weighted by atomic mass is 32.1. The molecule has 6 nitrogen and oxygen atoms in total. The highest BCUT2D eigenvalue weighted by molar-refractivity contribution is 7.15. The molecule has 0 spiro atoms. The number of hydrogen-bond donors (Lipinski definition) is 1. The quantitative estimate of drug-likeness (QED) is 0.893. The summed E-state index contributed by atoms with van der Waals surface area (Å²) in [5, 5.41) is 4.08. The van der Waals surface area contributed by atoms with Crippen LogP contribution in [-0.2, 0) is 4.79 Å². The number of thiazole rings is 1. The van der Waals surface area contributed by atoms with E-state index in [1.165, 1.54) is 0 Å². The molecule has 1 N–H and O–H groups in total. The second kappa shape index (κ2) is 7.47. The number of piperidine rings is 1. The van der Waals surface area contributed by atoms with E-state index in [9.17, 15) is 4.79 Å². The van der Waals surface area contributed by atoms with Crippen molar-refractivity contribution in [1.29, 1.82) is 0 Å². The highest BCUT2D eigenvalue weighted by Gasteiger charge is 2.31. The first-order valence-electron chi connectivity index (χ1n) is 8.79. The maximum atomic E-state index is 12.6. The van der Waals surface area contributed by atoms with Crippen LogP contribution >= 0.6 is 11.3 Å². The molecule has 1 amide bonds. The van der Waals surface area contributed by atoms with Crippen molar-refractivity contribution < 1.29 is 4.79 Å². The molecule has 3 rings (SSSR count). The van der Waals surface area contributed by atoms with Crippen LogP contribution in [0.4, 0.5) is 10.9 Å². The maximum Gasteiger partial charge on any atom is 0.225 e. The molecule has 1 aliphatic rings. The summed E-state index contributed by atoms with van der Waals surface area (Å²) in [5.74, 6) is 1.63. The van der Waals surface area contributed by atoms with Gasteiger partial charge in [0.25, 0.3) is 0 Å². The highest BCUT2D eigenvalue weighted by Crippen LogP contribution is 2.31. The monoisotopic (exact) mass is 359 g/mol. The molecule has 0 aliphatic carbocycles. The van der Waals surface area contributed by atoms with Crippen LogP contribution < -0.4 is 5.32 Å². The van der Waals surface area contributed by atoms with E-state index >= 15 is 0 Å². The van der Waals surface area contributed by atoms with E-state index in [0.717, 1.165) is 53.2 Å². The van der Waals surface area contributed by atoms with Crippen molar-refractivity contribution in [2.24, 2.45) is 5.92 Å². The Morgan fingerprint density at radius 1 is 1.32 bits per heavy atom. The standard InChI is InChI=1S/C18H25N5OS/c1-11(2)17(24)23-8-6-5-7-14(23)16-20-12(3)9-15(21-16)22-18-19-10-13(4)25-18/h9-11,14H,5-8H2,1-4H3,(H,19,20,21,22)/t14-/m1/s1. The smallest absolute Gasteiger partial charge is 0.225 e. The molecule has 134 valence electrons. The third kappa shape index (κ3) is 4.15. The lowest BCUT2D eigenvalue weighted by Gasteiger charge is -2.36. The zero-order valence-electron chi connectivity index (χ0n) is 15.2. The van der Waals surface area contributed by atoms with Gasteiger partial charge in [0.2, 0.25) is 5.91 Å². The minimum atomic E-state index is -0.0397. The first kappa shape index (κ1) is 17.8. The van der Waals surface area contributed by atoms with E-state index in [4.69, 9.17) is 4.98 Å². The van der Waals surface area contributed by atoms with E-state index in [1.54, 1.807) is 11.3 Å². The molecule has 0 bridgehead atoms. The third-order valence-electron chi connectivity index (χ3n) is 4.31. The second-order valence-corrected chi connectivity index (χ2v) is 8.09. The van der Waals surface area contributed by atoms with Gasteiger partial charge in [-0.15, -0.1) is 11.3 Å². The Morgan fingerprint density at radius 2 is 2.12 bits per heavy atom. The van der Waals surface area contributed by atoms with Crippen molar-refractivity contribution in [2.75, 3.05) is 11.9 Å². The minimum absolute atomic E-state index is 0.0127. The van der Waals surface area contributed by atoms with Crippen LogP contribution in [0.25, 0.3) is 0 Å². The van der Waals surface area contributed by atoms with Crippen molar-refractivity contribution in [3.05, 3.63) is 28.7 Å². The van der Waals surface area contributed by atoms with E-state index < -0.39 is 0 Å². The Balaban J connectivity index is 1.88. The summed E-state index contributed by atoms with van der Waals surface area (Å²) in [7, 11) is 0. The van der Waals surface area contributed by atoms with Crippen LogP contribution in [0, 0.1) is 19.8 Å². The third-order valence-corrected chi connectivity index (χ3v) is 5.13. The van der Waals surface area contributed by atoms with E-state index in [2.05, 4.69) is 15.3 Å². The molecule has 2 aromatic rings. The zero-order valence-corrected chi connectivity index (χ0v) is 16.1. The first-order chi connectivity index (χ1) is 11.9. The molecule has 0 unspecified atom stereocenters. The Hall–Kier alpha value is -2.02. The number of hydrogen-bond acceptors (Lipinski definition) is 6. The molecule has 1 saturated heterocycles. The molecular formula is C18H25N5OS. The lowest BCUT2D eigenvalue weighted by Crippen LogP contribution is -2.41. The number of likely N-dealkylation sites (tertiary alicyclic amines) is 1. The molecule has 3 heterocycles. The van der Waals surface area contributed by atoms with E-state index in [-0.39, 0.29) is 17.9 Å². The van der Waals surface area contributed by atoms with Crippen molar-refractivity contribution in [1.82, 2.24) is 19.9 Å². The molecule has 1 fully saturated rings. The lowest BCUT2D eigenvalue weighted by atomic mass is 9.99. The van der Waals surface area contributed by atoms with Gasteiger partial charge in [-0.1, -0.05) is 13.8 Å². The molecule has 1 aliphatic heterocycles. The number of rotatable bonds is 4. The number of aryl methyl sites for hydroxylation is 2. The number of carbonyl (C=O) groups excluding carboxylic acids is 1. The zero-order chi connectivity index (χ0) is 18.0. The molecule has 0 radical (unpaired) electrons. The molecule has 0 aromatic carbocycles. The van der Waals surface area contributed by atoms with Gasteiger partial charge in [-0.05, 0) is 33.1 Å². The van der Waals surface area contributed by atoms with Gasteiger partial charge >= 0.3 is 0 Å². The van der Waals surface area contributed by atoms with Crippen molar-refractivity contribution >= 4 is 28.2 Å². The minimum Gasteiger partial charge on any atom is -0.332 e. The van der Waals surface area contributed by atoms with E-state index in [0.29, 0.717) is 0 Å². The topological polar surface area (TPSA) is 71.0 Å². The normalized spacial score (nSPS) is 17.8. The summed E-state index contributed by atoms with van der Waals surface area (Å²) in [6.45, 7) is 8.66. The van der Waals surface area contributed by atoms with Gasteiger partial charge in [0.15, 0.2) is 11.0 Å². The fourth-order valence-corrected chi connectivity index (χ4v) is 3.79. The van der Waals surface area contributed by atoms with E-state index in [1.807, 2.05) is 44.9 Å². The molecule has 0 saturated carbocycles. The number of amides is 1. The predicted octanol–water partition coefficient (Wildman–Crippen LogP) is 4.00. The fraction of sp³-hybridized carbons (Fsp3) is 0.556. The van der Waals surface area contributed by atoms with Crippen molar-refractivity contribution in [3.63, 3.8) is 0 Å². The maximum absolute atomic E-state index is 12.6. The largest absolute Gasteiger partial charge is 0.332 e. The number of aromatic nitrogens is 3. The Labute approximate surface area is 152 Å². The van der Waals surface area contributed by atoms with Crippen LogP contribution in [-0.4, -0.2) is 32.3 Å². The molecule has 1 atom stereocenters. The van der Waals surface area contributed by atoms with Gasteiger partial charge < -0.3 is 10.2 Å². The summed E-state index contributed by atoms with van der Waals surface area (Å²) in [4.78, 5) is 29.4. The number of anilines is 2. The van der Waals surface area contributed by atoms with Gasteiger partial charge in [-0.2, -0.15) is 0 Å². The second-order valence-electron chi connectivity index (χ2n) is 6.85. The number of nitrogens with one attached hydrogen (secondary N) is 1. The summed E-state index contributed by atoms with van der Waals surface area (Å²) in [5.41, 5.74) is 0.892. The van der Waals surface area contributed by atoms with Gasteiger partial charge in [0, 0.05) is 35.3 Å². The Morgan fingerprint density at radius 3 is 2.80 bits per heavy atom. The van der Waals surface area contributed by atoms with Gasteiger partial charge in [-0.25, -0.2) is 15.0 Å². The van der Waals surface area contributed by atoms with Crippen LogP contribution in [0.5, 0.6) is 0 Å². The molecular weight excluding hydrogens is 334 g/mol. The van der Waals surface area contributed by atoms with Crippen molar-refractivity contribution in [3.8, 4) is 0 Å². The SMILES string of the molecule is Cc1cc(Nc2ncc(C)s2)nc([C@H]2CCCCN2C(=O)C(C)C)n1. The van der Waals surface area contributed by atoms with Crippen LogP contribution in [0.1, 0.15) is 55.5 Å². The lowest BCUT2D eigenvalue weighted by molar-refractivity contribution is -0.138. The van der Waals surface area contributed by atoms with Crippen LogP contribution in [0.2, 0.25) is 0 Å². The summed E-state index contributed by atoms with van der Waals surface area (Å²) in [6, 6.07) is 1.87. The van der Waals surface area contributed by atoms with Gasteiger partial charge in [0.05, 0.1) is 6.04 Å². The molecule has 7 heteroatoms. The van der Waals surface area contributed by atoms with Crippen LogP contribution in [0.15, 0.2) is 12.3 Å². The van der Waals surface area contributed by atoms with Crippen molar-refractivity contribution in [2.45, 2.75) is 53.0 Å². The number of carbonyl (C=O) groups is 1. The summed E-state index contributed by atoms with van der Waals surface area (Å²) >= 11 is 1.59. The summed E-state index contributed by atoms with van der Waals surface area (Å²) < 4.78 is 0. The van der Waals surface area contributed by atoms with Crippen LogP contribution in [0.3, 0.4) is 0 Å². The molecule has 2 aromatic heterocycles. The average molecular weight is 359 g/mol. The van der Waals surface area contributed by atoms with Gasteiger partial charge in [0.1, 0.15) is 5.82 Å². The Bertz CT molecular complexity index is 758. The number of nitrogens with zero attached hydrogens (tertiary/aromatic N) is 4. The molecule has 25 heavy (non-hydrogen) atoms. The first-order valence-corrected chi connectivity index (χ1v) is 9.61. The average Bonchev–Trinajstić information content (AvgIpc) is 2.98. The van der Waals surface area contributed by atoms with Gasteiger partial charge in [-0.3, -0.25) is 4.79 Å². The Kier molecular flexibility index (Phi) is 5.32. The summed E-state index contributed by atoms with van der Waals surface area (Å²) in [6.07, 6.45) is 4.90. The predicted molar refractivity (Wildman–Crippen MR) is 100 cm³/mol.